The third-order valence-corrected chi connectivity index (χ3v) is 3.37. The molecule has 0 aliphatic heterocycles. The minimum atomic E-state index is -0.192. The molecule has 1 amide bonds. The zero-order valence-corrected chi connectivity index (χ0v) is 10.0. The summed E-state index contributed by atoms with van der Waals surface area (Å²) in [6, 6.07) is 9.58. The van der Waals surface area contributed by atoms with E-state index in [4.69, 9.17) is 0 Å². The zero-order chi connectivity index (χ0) is 12.1. The molecule has 1 fully saturated rings. The molecule has 1 aliphatic rings. The summed E-state index contributed by atoms with van der Waals surface area (Å²) in [6.07, 6.45) is 5.58. The molecular weight excluding hydrogens is 214 g/mol. The highest BCUT2D eigenvalue weighted by Gasteiger charge is 2.23. The van der Waals surface area contributed by atoms with E-state index in [1.54, 1.807) is 0 Å². The van der Waals surface area contributed by atoms with E-state index >= 15 is 0 Å². The first kappa shape index (κ1) is 12.1. The van der Waals surface area contributed by atoms with E-state index in [9.17, 15) is 10.0 Å². The van der Waals surface area contributed by atoms with Crippen LogP contribution in [0.2, 0.25) is 0 Å². The highest BCUT2D eigenvalue weighted by molar-refractivity contribution is 5.77. The van der Waals surface area contributed by atoms with Gasteiger partial charge in [0.15, 0.2) is 0 Å². The number of hydrogen-bond donors (Lipinski definition) is 1. The van der Waals surface area contributed by atoms with Crippen LogP contribution in [0, 0.1) is 0 Å². The van der Waals surface area contributed by atoms with E-state index in [0.717, 1.165) is 36.3 Å². The summed E-state index contributed by atoms with van der Waals surface area (Å²) < 4.78 is 0. The summed E-state index contributed by atoms with van der Waals surface area (Å²) in [6.45, 7) is 0. The Bertz CT molecular complexity index is 358. The van der Waals surface area contributed by atoms with Gasteiger partial charge < -0.3 is 0 Å². The third-order valence-electron chi connectivity index (χ3n) is 3.37. The lowest BCUT2D eigenvalue weighted by molar-refractivity contribution is -0.177. The number of benzene rings is 1. The molecule has 2 rings (SSSR count). The maximum Gasteiger partial charge on any atom is 0.250 e. The lowest BCUT2D eigenvalue weighted by Gasteiger charge is -2.29. The Morgan fingerprint density at radius 3 is 2.47 bits per heavy atom. The molecule has 0 heterocycles. The molecule has 3 heteroatoms. The molecule has 0 unspecified atom stereocenters. The molecule has 0 radical (unpaired) electrons. The van der Waals surface area contributed by atoms with Gasteiger partial charge in [-0.1, -0.05) is 49.6 Å². The molecule has 0 saturated heterocycles. The van der Waals surface area contributed by atoms with Crippen molar-refractivity contribution >= 4 is 5.91 Å². The maximum absolute atomic E-state index is 11.9. The molecule has 1 aliphatic carbocycles. The fourth-order valence-electron chi connectivity index (χ4n) is 2.38. The first-order chi connectivity index (χ1) is 8.27. The monoisotopic (exact) mass is 233 g/mol. The van der Waals surface area contributed by atoms with Crippen LogP contribution in [0.25, 0.3) is 0 Å². The topological polar surface area (TPSA) is 40.5 Å². The van der Waals surface area contributed by atoms with Crippen molar-refractivity contribution in [1.29, 1.82) is 0 Å². The Morgan fingerprint density at radius 1 is 1.18 bits per heavy atom. The summed E-state index contributed by atoms with van der Waals surface area (Å²) >= 11 is 0. The molecule has 0 aromatic heterocycles. The predicted molar refractivity (Wildman–Crippen MR) is 65.7 cm³/mol. The van der Waals surface area contributed by atoms with Crippen molar-refractivity contribution in [3.8, 4) is 0 Å². The van der Waals surface area contributed by atoms with Gasteiger partial charge in [0.2, 0.25) is 0 Å². The van der Waals surface area contributed by atoms with Crippen molar-refractivity contribution in [2.45, 2.75) is 44.6 Å². The van der Waals surface area contributed by atoms with E-state index < -0.39 is 0 Å². The molecule has 1 saturated carbocycles. The number of rotatable bonds is 3. The van der Waals surface area contributed by atoms with E-state index in [1.807, 2.05) is 30.3 Å². The second kappa shape index (κ2) is 5.82. The zero-order valence-electron chi connectivity index (χ0n) is 10.0. The number of hydroxylamine groups is 2. The van der Waals surface area contributed by atoms with Crippen LogP contribution in [0.3, 0.4) is 0 Å². The summed E-state index contributed by atoms with van der Waals surface area (Å²) in [5, 5.41) is 10.9. The summed E-state index contributed by atoms with van der Waals surface area (Å²) in [5.41, 5.74) is 0.951. The quantitative estimate of drug-likeness (QED) is 0.644. The Hall–Kier alpha value is -1.35. The molecular formula is C14H19NO2. The number of amides is 1. The van der Waals surface area contributed by atoms with Crippen LogP contribution >= 0.6 is 0 Å². The van der Waals surface area contributed by atoms with Crippen LogP contribution in [0.5, 0.6) is 0 Å². The van der Waals surface area contributed by atoms with Crippen molar-refractivity contribution in [2.75, 3.05) is 0 Å². The van der Waals surface area contributed by atoms with Crippen molar-refractivity contribution in [3.63, 3.8) is 0 Å². The highest BCUT2D eigenvalue weighted by atomic mass is 16.5. The largest absolute Gasteiger partial charge is 0.286 e. The molecule has 3 nitrogen and oxygen atoms in total. The Kier molecular flexibility index (Phi) is 4.15. The molecule has 0 spiro atoms. The minimum Gasteiger partial charge on any atom is -0.286 e. The normalized spacial score (nSPS) is 16.8. The second-order valence-corrected chi connectivity index (χ2v) is 4.69. The molecule has 1 aromatic carbocycles. The predicted octanol–water partition coefficient (Wildman–Crippen LogP) is 2.78. The Morgan fingerprint density at radius 2 is 1.82 bits per heavy atom. The van der Waals surface area contributed by atoms with Crippen LogP contribution in [0.4, 0.5) is 0 Å². The van der Waals surface area contributed by atoms with Crippen LogP contribution in [0.1, 0.15) is 37.7 Å². The van der Waals surface area contributed by atoms with Gasteiger partial charge in [-0.2, -0.15) is 0 Å². The van der Waals surface area contributed by atoms with Gasteiger partial charge in [0.25, 0.3) is 5.91 Å². The fourth-order valence-corrected chi connectivity index (χ4v) is 2.38. The third kappa shape index (κ3) is 3.30. The van der Waals surface area contributed by atoms with Gasteiger partial charge in [-0.3, -0.25) is 10.0 Å². The molecule has 17 heavy (non-hydrogen) atoms. The number of carbonyl (C=O) groups is 1. The van der Waals surface area contributed by atoms with Gasteiger partial charge >= 0.3 is 0 Å². The molecule has 1 N–H and O–H groups in total. The van der Waals surface area contributed by atoms with E-state index in [-0.39, 0.29) is 18.4 Å². The summed E-state index contributed by atoms with van der Waals surface area (Å²) in [4.78, 5) is 11.9. The van der Waals surface area contributed by atoms with E-state index in [1.165, 1.54) is 6.42 Å². The number of nitrogens with zero attached hydrogens (tertiary/aromatic N) is 1. The van der Waals surface area contributed by atoms with Crippen molar-refractivity contribution in [2.24, 2.45) is 0 Å². The Balaban J connectivity index is 1.90. The SMILES string of the molecule is O=C(Cc1ccccc1)N(O)C1CCCCC1. The highest BCUT2D eigenvalue weighted by Crippen LogP contribution is 2.21. The lowest BCUT2D eigenvalue weighted by Crippen LogP contribution is -2.39. The van der Waals surface area contributed by atoms with Gasteiger partial charge in [0, 0.05) is 0 Å². The standard InChI is InChI=1S/C14H19NO2/c16-14(11-12-7-3-1-4-8-12)15(17)13-9-5-2-6-10-13/h1,3-4,7-8,13,17H,2,5-6,9-11H2. The van der Waals surface area contributed by atoms with Crippen LogP contribution in [0.15, 0.2) is 30.3 Å². The first-order valence-corrected chi connectivity index (χ1v) is 6.32. The van der Waals surface area contributed by atoms with Crippen LogP contribution in [-0.2, 0) is 11.2 Å². The first-order valence-electron chi connectivity index (χ1n) is 6.32. The minimum absolute atomic E-state index is 0.0277. The lowest BCUT2D eigenvalue weighted by atomic mass is 9.95. The average Bonchev–Trinajstić information content (AvgIpc) is 2.40. The van der Waals surface area contributed by atoms with Gasteiger partial charge in [-0.25, -0.2) is 5.06 Å². The Labute approximate surface area is 102 Å². The van der Waals surface area contributed by atoms with Gasteiger partial charge in [-0.05, 0) is 18.4 Å². The molecule has 0 atom stereocenters. The summed E-state index contributed by atoms with van der Waals surface area (Å²) in [7, 11) is 0. The maximum atomic E-state index is 11.9. The number of carbonyl (C=O) groups excluding carboxylic acids is 1. The molecule has 1 aromatic rings. The fraction of sp³-hybridized carbons (Fsp3) is 0.500. The van der Waals surface area contributed by atoms with Gasteiger partial charge in [0.1, 0.15) is 0 Å². The van der Waals surface area contributed by atoms with Crippen LogP contribution in [-0.4, -0.2) is 22.2 Å². The number of hydrogen-bond acceptors (Lipinski definition) is 2. The van der Waals surface area contributed by atoms with Gasteiger partial charge in [0.05, 0.1) is 12.5 Å². The van der Waals surface area contributed by atoms with Crippen molar-refractivity contribution < 1.29 is 10.0 Å². The van der Waals surface area contributed by atoms with E-state index in [2.05, 4.69) is 0 Å². The second-order valence-electron chi connectivity index (χ2n) is 4.69. The van der Waals surface area contributed by atoms with E-state index in [0.29, 0.717) is 0 Å². The summed E-state index contributed by atoms with van der Waals surface area (Å²) in [5.74, 6) is -0.192. The van der Waals surface area contributed by atoms with Crippen molar-refractivity contribution in [3.05, 3.63) is 35.9 Å². The van der Waals surface area contributed by atoms with Crippen LogP contribution < -0.4 is 0 Å². The van der Waals surface area contributed by atoms with Crippen molar-refractivity contribution in [1.82, 2.24) is 5.06 Å². The molecule has 0 bridgehead atoms. The smallest absolute Gasteiger partial charge is 0.250 e. The molecule has 92 valence electrons. The average molecular weight is 233 g/mol. The van der Waals surface area contributed by atoms with Gasteiger partial charge in [-0.15, -0.1) is 0 Å².